The van der Waals surface area contributed by atoms with E-state index in [1.165, 1.54) is 12.1 Å². The molecule has 8 heteroatoms. The quantitative estimate of drug-likeness (QED) is 0.384. The van der Waals surface area contributed by atoms with Gasteiger partial charge in [0, 0.05) is 54.9 Å². The number of pyridine rings is 1. The molecule has 1 aliphatic rings. The highest BCUT2D eigenvalue weighted by molar-refractivity contribution is 6.01. The van der Waals surface area contributed by atoms with Crippen LogP contribution in [0.3, 0.4) is 0 Å². The predicted octanol–water partition coefficient (Wildman–Crippen LogP) is 5.13. The highest BCUT2D eigenvalue weighted by Crippen LogP contribution is 2.37. The molecule has 1 atom stereocenters. The first kappa shape index (κ1) is 22.3. The number of nitrogens with zero attached hydrogens (tertiary/aromatic N) is 4. The fourth-order valence-electron chi connectivity index (χ4n) is 4.79. The molecule has 0 spiro atoms. The van der Waals surface area contributed by atoms with Crippen LogP contribution in [0.15, 0.2) is 42.7 Å². The van der Waals surface area contributed by atoms with E-state index in [0.29, 0.717) is 11.9 Å². The van der Waals surface area contributed by atoms with Gasteiger partial charge in [-0.3, -0.25) is 0 Å². The molecule has 0 saturated carbocycles. The Bertz CT molecular complexity index is 1310. The lowest BCUT2D eigenvalue weighted by Crippen LogP contribution is -2.49. The van der Waals surface area contributed by atoms with Crippen molar-refractivity contribution in [1.29, 1.82) is 0 Å². The minimum atomic E-state index is -0.279. The standard InChI is InChI=1S/C26H30FN7/c1-15(2)22-17(4)31-24(18-5-7-19(27)8-6-18)33-26(22)32-20-9-10-29-25-23(20)21(14-30-25)34-12-11-28-13-16(34)3/h5-10,14-16,28H,11-13H2,1-4H3,(H2,29,30,31,32,33). The molecular formula is C26H30FN7. The van der Waals surface area contributed by atoms with Crippen molar-refractivity contribution < 1.29 is 4.39 Å². The zero-order valence-corrected chi connectivity index (χ0v) is 20.0. The van der Waals surface area contributed by atoms with Crippen molar-refractivity contribution in [3.05, 3.63) is 59.8 Å². The number of rotatable bonds is 5. The van der Waals surface area contributed by atoms with Crippen LogP contribution in [0.4, 0.5) is 21.6 Å². The van der Waals surface area contributed by atoms with Crippen LogP contribution in [0.1, 0.15) is 37.9 Å². The van der Waals surface area contributed by atoms with Crippen LogP contribution in [0.5, 0.6) is 0 Å². The molecule has 4 aromatic rings. The second-order valence-electron chi connectivity index (χ2n) is 9.18. The van der Waals surface area contributed by atoms with Crippen molar-refractivity contribution in [3.63, 3.8) is 0 Å². The Morgan fingerprint density at radius 2 is 1.94 bits per heavy atom. The van der Waals surface area contributed by atoms with Crippen molar-refractivity contribution in [2.75, 3.05) is 29.9 Å². The summed E-state index contributed by atoms with van der Waals surface area (Å²) in [6.45, 7) is 11.3. The van der Waals surface area contributed by atoms with Gasteiger partial charge < -0.3 is 20.5 Å². The number of piperazine rings is 1. The summed E-state index contributed by atoms with van der Waals surface area (Å²) in [5, 5.41) is 8.12. The van der Waals surface area contributed by atoms with Gasteiger partial charge in [-0.1, -0.05) is 13.8 Å². The number of aromatic amines is 1. The molecule has 7 nitrogen and oxygen atoms in total. The van der Waals surface area contributed by atoms with E-state index in [1.807, 2.05) is 19.2 Å². The number of H-pyrrole nitrogens is 1. The lowest BCUT2D eigenvalue weighted by atomic mass is 10.0. The average Bonchev–Trinajstić information content (AvgIpc) is 3.24. The van der Waals surface area contributed by atoms with Crippen LogP contribution in [0.25, 0.3) is 22.4 Å². The van der Waals surface area contributed by atoms with Crippen LogP contribution in [0, 0.1) is 12.7 Å². The molecule has 0 aliphatic carbocycles. The highest BCUT2D eigenvalue weighted by atomic mass is 19.1. The molecule has 1 saturated heterocycles. The van der Waals surface area contributed by atoms with Crippen molar-refractivity contribution in [3.8, 4) is 11.4 Å². The molecule has 0 amide bonds. The van der Waals surface area contributed by atoms with E-state index in [1.54, 1.807) is 18.3 Å². The Hall–Kier alpha value is -3.52. The Kier molecular flexibility index (Phi) is 5.91. The summed E-state index contributed by atoms with van der Waals surface area (Å²) in [7, 11) is 0. The van der Waals surface area contributed by atoms with E-state index in [2.05, 4.69) is 46.3 Å². The summed E-state index contributed by atoms with van der Waals surface area (Å²) in [5.41, 5.74) is 5.65. The van der Waals surface area contributed by atoms with Crippen LogP contribution in [-0.2, 0) is 0 Å². The third-order valence-corrected chi connectivity index (χ3v) is 6.43. The zero-order chi connectivity index (χ0) is 23.8. The second-order valence-corrected chi connectivity index (χ2v) is 9.18. The monoisotopic (exact) mass is 459 g/mol. The molecule has 1 unspecified atom stereocenters. The van der Waals surface area contributed by atoms with E-state index in [4.69, 9.17) is 9.97 Å². The number of hydrogen-bond acceptors (Lipinski definition) is 6. The number of aryl methyl sites for hydroxylation is 1. The maximum absolute atomic E-state index is 13.5. The Labute approximate surface area is 198 Å². The number of fused-ring (bicyclic) bond motifs is 1. The van der Waals surface area contributed by atoms with E-state index in [-0.39, 0.29) is 11.7 Å². The van der Waals surface area contributed by atoms with Gasteiger partial charge in [0.05, 0.1) is 16.8 Å². The van der Waals surface area contributed by atoms with Crippen molar-refractivity contribution in [2.45, 2.75) is 39.7 Å². The molecule has 0 radical (unpaired) electrons. The first-order chi connectivity index (χ1) is 16.4. The summed E-state index contributed by atoms with van der Waals surface area (Å²) in [4.78, 5) is 20.0. The number of hydrogen-bond donors (Lipinski definition) is 3. The van der Waals surface area contributed by atoms with Crippen molar-refractivity contribution in [1.82, 2.24) is 25.3 Å². The van der Waals surface area contributed by atoms with Crippen molar-refractivity contribution in [2.24, 2.45) is 0 Å². The SMILES string of the molecule is Cc1nc(-c2ccc(F)cc2)nc(Nc2ccnc3[nH]cc(N4CCNCC4C)c23)c1C(C)C. The van der Waals surface area contributed by atoms with E-state index < -0.39 is 0 Å². The molecule has 5 rings (SSSR count). The van der Waals surface area contributed by atoms with Crippen LogP contribution >= 0.6 is 0 Å². The van der Waals surface area contributed by atoms with Crippen LogP contribution in [0.2, 0.25) is 0 Å². The third-order valence-electron chi connectivity index (χ3n) is 6.43. The molecule has 3 aromatic heterocycles. The van der Waals surface area contributed by atoms with E-state index in [0.717, 1.165) is 64.7 Å². The molecule has 176 valence electrons. The topological polar surface area (TPSA) is 81.8 Å². The number of benzene rings is 1. The predicted molar refractivity (Wildman–Crippen MR) is 135 cm³/mol. The van der Waals surface area contributed by atoms with Gasteiger partial charge in [-0.2, -0.15) is 0 Å². The molecular weight excluding hydrogens is 429 g/mol. The highest BCUT2D eigenvalue weighted by Gasteiger charge is 2.24. The molecule has 34 heavy (non-hydrogen) atoms. The number of anilines is 3. The lowest BCUT2D eigenvalue weighted by molar-refractivity contribution is 0.502. The molecule has 4 heterocycles. The Balaban J connectivity index is 1.62. The maximum atomic E-state index is 13.5. The van der Waals surface area contributed by atoms with E-state index in [9.17, 15) is 4.39 Å². The average molecular weight is 460 g/mol. The zero-order valence-electron chi connectivity index (χ0n) is 20.0. The summed E-state index contributed by atoms with van der Waals surface area (Å²) in [6.07, 6.45) is 3.85. The Morgan fingerprint density at radius 3 is 2.68 bits per heavy atom. The van der Waals surface area contributed by atoms with Gasteiger partial charge in [0.2, 0.25) is 0 Å². The van der Waals surface area contributed by atoms with E-state index >= 15 is 0 Å². The number of aromatic nitrogens is 4. The largest absolute Gasteiger partial charge is 0.364 e. The minimum absolute atomic E-state index is 0.223. The summed E-state index contributed by atoms with van der Waals surface area (Å²) in [6, 6.07) is 8.66. The van der Waals surface area contributed by atoms with Gasteiger partial charge in [0.1, 0.15) is 17.3 Å². The molecule has 0 bridgehead atoms. The Morgan fingerprint density at radius 1 is 1.15 bits per heavy atom. The second kappa shape index (κ2) is 9.02. The summed E-state index contributed by atoms with van der Waals surface area (Å²) in [5.74, 6) is 1.27. The van der Waals surface area contributed by atoms with Crippen molar-refractivity contribution >= 4 is 28.2 Å². The van der Waals surface area contributed by atoms with Gasteiger partial charge in [0.15, 0.2) is 5.82 Å². The number of halogens is 1. The smallest absolute Gasteiger partial charge is 0.161 e. The van der Waals surface area contributed by atoms with Gasteiger partial charge in [0.25, 0.3) is 0 Å². The van der Waals surface area contributed by atoms with Gasteiger partial charge in [-0.25, -0.2) is 19.3 Å². The fourth-order valence-corrected chi connectivity index (χ4v) is 4.79. The summed E-state index contributed by atoms with van der Waals surface area (Å²) < 4.78 is 13.5. The van der Waals surface area contributed by atoms with Gasteiger partial charge >= 0.3 is 0 Å². The van der Waals surface area contributed by atoms with Crippen LogP contribution < -0.4 is 15.5 Å². The first-order valence-corrected chi connectivity index (χ1v) is 11.8. The fraction of sp³-hybridized carbons (Fsp3) is 0.346. The molecule has 1 aromatic carbocycles. The molecule has 1 fully saturated rings. The first-order valence-electron chi connectivity index (χ1n) is 11.8. The van der Waals surface area contributed by atoms with Gasteiger partial charge in [-0.05, 0) is 50.1 Å². The molecule has 1 aliphatic heterocycles. The minimum Gasteiger partial charge on any atom is -0.364 e. The summed E-state index contributed by atoms with van der Waals surface area (Å²) >= 11 is 0. The van der Waals surface area contributed by atoms with Gasteiger partial charge in [-0.15, -0.1) is 0 Å². The molecule has 3 N–H and O–H groups in total. The number of nitrogens with one attached hydrogen (secondary N) is 3. The normalized spacial score (nSPS) is 16.4. The maximum Gasteiger partial charge on any atom is 0.161 e. The van der Waals surface area contributed by atoms with Crippen LogP contribution in [-0.4, -0.2) is 45.6 Å². The lowest BCUT2D eigenvalue weighted by Gasteiger charge is -2.35. The third kappa shape index (κ3) is 4.09.